The van der Waals surface area contributed by atoms with Crippen molar-refractivity contribution in [3.05, 3.63) is 36.0 Å². The number of aryl methyl sites for hydroxylation is 1. The third-order valence-corrected chi connectivity index (χ3v) is 7.94. The average Bonchev–Trinajstić information content (AvgIpc) is 2.97. The van der Waals surface area contributed by atoms with Gasteiger partial charge in [0.25, 0.3) is 0 Å². The number of rotatable bonds is 6. The predicted molar refractivity (Wildman–Crippen MR) is 109 cm³/mol. The van der Waals surface area contributed by atoms with Crippen LogP contribution in [-0.2, 0) is 13.1 Å². The molecule has 0 radical (unpaired) electrons. The molecule has 4 aliphatic carbocycles. The van der Waals surface area contributed by atoms with Gasteiger partial charge in [0.1, 0.15) is 0 Å². The van der Waals surface area contributed by atoms with Crippen LogP contribution in [0.4, 0.5) is 0 Å². The second kappa shape index (κ2) is 6.41. The van der Waals surface area contributed by atoms with Crippen molar-refractivity contribution in [2.24, 2.45) is 23.2 Å². The summed E-state index contributed by atoms with van der Waals surface area (Å²) in [6, 6.07) is 9.57. The Kier molecular flexibility index (Phi) is 4.15. The molecule has 0 saturated heterocycles. The van der Waals surface area contributed by atoms with E-state index in [9.17, 15) is 0 Å². The van der Waals surface area contributed by atoms with Crippen molar-refractivity contribution in [3.63, 3.8) is 0 Å². The zero-order valence-corrected chi connectivity index (χ0v) is 16.5. The van der Waals surface area contributed by atoms with Gasteiger partial charge >= 0.3 is 0 Å². The van der Waals surface area contributed by atoms with Gasteiger partial charge in [-0.2, -0.15) is 0 Å². The lowest BCUT2D eigenvalue weighted by molar-refractivity contribution is -0.0706. The number of para-hydroxylation sites is 1. The SMILES string of the molecule is CCCn1cc(CN[C@@H](C)C23CC4CC(CC(C4)C2)C3)c2ccccc21. The average molecular weight is 351 g/mol. The Labute approximate surface area is 158 Å². The highest BCUT2D eigenvalue weighted by molar-refractivity contribution is 5.83. The number of hydrogen-bond donors (Lipinski definition) is 1. The summed E-state index contributed by atoms with van der Waals surface area (Å²) in [6.45, 7) is 6.88. The quantitative estimate of drug-likeness (QED) is 0.702. The zero-order chi connectivity index (χ0) is 17.7. The van der Waals surface area contributed by atoms with Crippen LogP contribution in [0.15, 0.2) is 30.5 Å². The van der Waals surface area contributed by atoms with Crippen molar-refractivity contribution in [2.75, 3.05) is 0 Å². The minimum absolute atomic E-state index is 0.594. The summed E-state index contributed by atoms with van der Waals surface area (Å²) >= 11 is 0. The molecule has 2 nitrogen and oxygen atoms in total. The van der Waals surface area contributed by atoms with Crippen LogP contribution in [0.1, 0.15) is 64.4 Å². The minimum Gasteiger partial charge on any atom is -0.347 e. The maximum Gasteiger partial charge on any atom is 0.0483 e. The largest absolute Gasteiger partial charge is 0.347 e. The number of benzene rings is 1. The van der Waals surface area contributed by atoms with E-state index in [2.05, 4.69) is 54.2 Å². The van der Waals surface area contributed by atoms with E-state index in [0.29, 0.717) is 11.5 Å². The molecule has 4 bridgehead atoms. The lowest BCUT2D eigenvalue weighted by atomic mass is 9.48. The molecular formula is C24H34N2. The first kappa shape index (κ1) is 16.9. The van der Waals surface area contributed by atoms with Crippen LogP contribution in [0.2, 0.25) is 0 Å². The normalized spacial score (nSPS) is 33.8. The van der Waals surface area contributed by atoms with E-state index in [4.69, 9.17) is 0 Å². The molecule has 0 unspecified atom stereocenters. The van der Waals surface area contributed by atoms with E-state index in [-0.39, 0.29) is 0 Å². The molecule has 1 atom stereocenters. The third-order valence-electron chi connectivity index (χ3n) is 7.94. The summed E-state index contributed by atoms with van der Waals surface area (Å²) in [4.78, 5) is 0. The van der Waals surface area contributed by atoms with Crippen molar-refractivity contribution in [1.29, 1.82) is 0 Å². The van der Waals surface area contributed by atoms with E-state index >= 15 is 0 Å². The first-order chi connectivity index (χ1) is 12.7. The fourth-order valence-electron chi connectivity index (χ4n) is 7.08. The number of hydrogen-bond acceptors (Lipinski definition) is 1. The van der Waals surface area contributed by atoms with Crippen molar-refractivity contribution in [2.45, 2.75) is 77.9 Å². The van der Waals surface area contributed by atoms with Crippen molar-refractivity contribution in [3.8, 4) is 0 Å². The molecule has 1 aromatic carbocycles. The first-order valence-electron chi connectivity index (χ1n) is 11.0. The van der Waals surface area contributed by atoms with Crippen LogP contribution >= 0.6 is 0 Å². The van der Waals surface area contributed by atoms with Crippen molar-refractivity contribution in [1.82, 2.24) is 9.88 Å². The van der Waals surface area contributed by atoms with Gasteiger partial charge in [-0.05, 0) is 86.7 Å². The smallest absolute Gasteiger partial charge is 0.0483 e. The topological polar surface area (TPSA) is 17.0 Å². The van der Waals surface area contributed by atoms with Gasteiger partial charge in [0.2, 0.25) is 0 Å². The molecule has 4 aliphatic rings. The number of aromatic nitrogens is 1. The van der Waals surface area contributed by atoms with Gasteiger partial charge < -0.3 is 9.88 Å². The van der Waals surface area contributed by atoms with E-state index in [0.717, 1.165) is 30.8 Å². The monoisotopic (exact) mass is 350 g/mol. The highest BCUT2D eigenvalue weighted by Gasteiger charge is 2.52. The lowest BCUT2D eigenvalue weighted by Gasteiger charge is -2.59. The fourth-order valence-corrected chi connectivity index (χ4v) is 7.08. The summed E-state index contributed by atoms with van der Waals surface area (Å²) in [5, 5.41) is 5.43. The highest BCUT2D eigenvalue weighted by Crippen LogP contribution is 2.61. The number of nitrogens with one attached hydrogen (secondary N) is 1. The van der Waals surface area contributed by atoms with Crippen LogP contribution in [0, 0.1) is 23.2 Å². The lowest BCUT2D eigenvalue weighted by Crippen LogP contribution is -2.54. The van der Waals surface area contributed by atoms with E-state index < -0.39 is 0 Å². The van der Waals surface area contributed by atoms with E-state index in [1.54, 1.807) is 0 Å². The Morgan fingerprint density at radius 2 is 1.73 bits per heavy atom. The standard InChI is InChI=1S/C24H34N2/c1-3-8-26-16-21(22-6-4-5-7-23(22)26)15-25-17(2)24-12-18-9-19(13-24)11-20(10-18)14-24/h4-7,16-20,25H,3,8-15H2,1-2H3/t17-,18?,19?,20?,24?/m0/s1. The molecule has 26 heavy (non-hydrogen) atoms. The van der Waals surface area contributed by atoms with Crippen LogP contribution in [0.25, 0.3) is 10.9 Å². The van der Waals surface area contributed by atoms with Crippen molar-refractivity contribution >= 4 is 10.9 Å². The molecular weight excluding hydrogens is 316 g/mol. The molecule has 6 rings (SSSR count). The predicted octanol–water partition coefficient (Wildman–Crippen LogP) is 5.75. The van der Waals surface area contributed by atoms with E-state index in [1.165, 1.54) is 61.4 Å². The minimum atomic E-state index is 0.594. The van der Waals surface area contributed by atoms with Gasteiger partial charge in [-0.25, -0.2) is 0 Å². The molecule has 4 fully saturated rings. The van der Waals surface area contributed by atoms with Crippen molar-refractivity contribution < 1.29 is 0 Å². The second-order valence-corrected chi connectivity index (χ2v) is 9.75. The Balaban J connectivity index is 1.34. The van der Waals surface area contributed by atoms with Crippen LogP contribution < -0.4 is 5.32 Å². The molecule has 1 N–H and O–H groups in total. The summed E-state index contributed by atoms with van der Waals surface area (Å²) < 4.78 is 2.45. The van der Waals surface area contributed by atoms with Crippen LogP contribution in [0.5, 0.6) is 0 Å². The summed E-state index contributed by atoms with van der Waals surface area (Å²) in [5.74, 6) is 3.12. The fraction of sp³-hybridized carbons (Fsp3) is 0.667. The maximum atomic E-state index is 3.99. The molecule has 0 amide bonds. The molecule has 0 aliphatic heterocycles. The Morgan fingerprint density at radius 3 is 2.38 bits per heavy atom. The Bertz CT molecular complexity index is 751. The van der Waals surface area contributed by atoms with E-state index in [1.807, 2.05) is 0 Å². The van der Waals surface area contributed by atoms with Crippen LogP contribution in [-0.4, -0.2) is 10.6 Å². The number of nitrogens with zero attached hydrogens (tertiary/aromatic N) is 1. The summed E-state index contributed by atoms with van der Waals surface area (Å²) in [7, 11) is 0. The summed E-state index contributed by atoms with van der Waals surface area (Å²) in [5.41, 5.74) is 3.47. The van der Waals surface area contributed by atoms with Gasteiger partial charge in [-0.15, -0.1) is 0 Å². The molecule has 1 heterocycles. The Hall–Kier alpha value is -1.28. The van der Waals surface area contributed by atoms with Gasteiger partial charge in [0.05, 0.1) is 0 Å². The maximum absolute atomic E-state index is 3.99. The molecule has 2 heteroatoms. The first-order valence-corrected chi connectivity index (χ1v) is 11.0. The van der Waals surface area contributed by atoms with Crippen LogP contribution in [0.3, 0.4) is 0 Å². The molecule has 0 spiro atoms. The van der Waals surface area contributed by atoms with Gasteiger partial charge in [0, 0.05) is 36.2 Å². The molecule has 2 aromatic rings. The zero-order valence-electron chi connectivity index (χ0n) is 16.5. The van der Waals surface area contributed by atoms with Gasteiger partial charge in [-0.3, -0.25) is 0 Å². The van der Waals surface area contributed by atoms with Gasteiger partial charge in [-0.1, -0.05) is 25.1 Å². The molecule has 4 saturated carbocycles. The van der Waals surface area contributed by atoms with Gasteiger partial charge in [0.15, 0.2) is 0 Å². The molecule has 140 valence electrons. The molecule has 1 aromatic heterocycles. The summed E-state index contributed by atoms with van der Waals surface area (Å²) in [6.07, 6.45) is 12.7. The Morgan fingerprint density at radius 1 is 1.08 bits per heavy atom. The highest BCUT2D eigenvalue weighted by atomic mass is 15.0. The second-order valence-electron chi connectivity index (χ2n) is 9.75. The number of fused-ring (bicyclic) bond motifs is 1. The third kappa shape index (κ3) is 2.72.